The monoisotopic (exact) mass is 582 g/mol. The number of thiophene rings is 1. The molecule has 0 radical (unpaired) electrons. The lowest BCUT2D eigenvalue weighted by atomic mass is 9.90. The lowest BCUT2D eigenvalue weighted by molar-refractivity contribution is -0.133. The van der Waals surface area contributed by atoms with Crippen LogP contribution in [0.1, 0.15) is 28.2 Å². The number of benzene rings is 1. The molecule has 2 fully saturated rings. The summed E-state index contributed by atoms with van der Waals surface area (Å²) < 4.78 is 43.3. The summed E-state index contributed by atoms with van der Waals surface area (Å²) in [4.78, 5) is 24.3. The summed E-state index contributed by atoms with van der Waals surface area (Å²) >= 11 is 7.91. The molecular formula is C23H22ClF3N8OS2. The molecule has 2 aliphatic heterocycles. The second kappa shape index (κ2) is 10.2. The molecule has 0 bridgehead atoms. The van der Waals surface area contributed by atoms with Gasteiger partial charge in [0.15, 0.2) is 28.4 Å². The summed E-state index contributed by atoms with van der Waals surface area (Å²) in [5.74, 6) is -0.689. The molecule has 3 aromatic rings. The van der Waals surface area contributed by atoms with E-state index in [1.807, 2.05) is 0 Å². The number of nitrogens with one attached hydrogen (secondary N) is 2. The van der Waals surface area contributed by atoms with Gasteiger partial charge in [-0.2, -0.15) is 18.2 Å². The molecule has 0 saturated carbocycles. The Bertz CT molecular complexity index is 1390. The number of rotatable bonds is 4. The van der Waals surface area contributed by atoms with Crippen LogP contribution in [-0.2, 0) is 6.18 Å². The minimum Gasteiger partial charge on any atom is -0.382 e. The molecule has 2 aliphatic rings. The Morgan fingerprint density at radius 3 is 2.55 bits per heavy atom. The number of nitrogen functional groups attached to an aromatic ring is 2. The molecule has 15 heteroatoms. The summed E-state index contributed by atoms with van der Waals surface area (Å²) in [5.41, 5.74) is 11.5. The van der Waals surface area contributed by atoms with Crippen molar-refractivity contribution in [3.63, 3.8) is 0 Å². The molecule has 6 N–H and O–H groups in total. The van der Waals surface area contributed by atoms with Crippen molar-refractivity contribution in [1.82, 2.24) is 24.9 Å². The van der Waals surface area contributed by atoms with Crippen molar-refractivity contribution in [2.45, 2.75) is 29.5 Å². The maximum absolute atomic E-state index is 13.7. The number of amides is 1. The smallest absolute Gasteiger partial charge is 0.382 e. The summed E-state index contributed by atoms with van der Waals surface area (Å²) in [6.45, 7) is 1.78. The highest BCUT2D eigenvalue weighted by atomic mass is 35.5. The predicted molar refractivity (Wildman–Crippen MR) is 143 cm³/mol. The molecule has 2 aromatic heterocycles. The number of nitrogens with zero attached hydrogens (tertiary/aromatic N) is 4. The van der Waals surface area contributed by atoms with Gasteiger partial charge >= 0.3 is 12.1 Å². The molecule has 0 unspecified atom stereocenters. The standard InChI is InChI=1S/C23H22ClF3N8OS2/c24-17-19(29)32-18(28)15(31-17)20(36)33-21-30-11-22(34-21)6-8-35(9-7-22)38-13-10-37-16(23(25,26)27)14(13)12-4-2-1-3-5-12/h1-5,10H,6-9,11H2,(H4,28,29,32)(H2,30,33,34,36). The van der Waals surface area contributed by atoms with Gasteiger partial charge in [0, 0.05) is 35.5 Å². The van der Waals surface area contributed by atoms with Gasteiger partial charge in [0.2, 0.25) is 0 Å². The lowest BCUT2D eigenvalue weighted by Gasteiger charge is -2.38. The van der Waals surface area contributed by atoms with Crippen LogP contribution in [0.3, 0.4) is 0 Å². The van der Waals surface area contributed by atoms with Crippen molar-refractivity contribution in [1.29, 1.82) is 0 Å². The van der Waals surface area contributed by atoms with Gasteiger partial charge in [0.05, 0.1) is 5.54 Å². The van der Waals surface area contributed by atoms with Crippen LogP contribution in [0.2, 0.25) is 5.15 Å². The van der Waals surface area contributed by atoms with E-state index in [1.54, 1.807) is 35.7 Å². The van der Waals surface area contributed by atoms with Crippen LogP contribution in [0.5, 0.6) is 0 Å². The fourth-order valence-corrected chi connectivity index (χ4v) is 6.64. The number of guanidine groups is 1. The van der Waals surface area contributed by atoms with Crippen molar-refractivity contribution >= 4 is 58.4 Å². The zero-order valence-electron chi connectivity index (χ0n) is 19.7. The van der Waals surface area contributed by atoms with E-state index in [0.29, 0.717) is 54.3 Å². The Kier molecular flexibility index (Phi) is 7.15. The molecule has 1 amide bonds. The van der Waals surface area contributed by atoms with Gasteiger partial charge in [-0.05, 0) is 30.4 Å². The largest absolute Gasteiger partial charge is 0.426 e. The predicted octanol–water partition coefficient (Wildman–Crippen LogP) is 4.27. The fraction of sp³-hybridized carbons (Fsp3) is 0.304. The van der Waals surface area contributed by atoms with Gasteiger partial charge in [-0.15, -0.1) is 11.3 Å². The van der Waals surface area contributed by atoms with Crippen LogP contribution in [0.15, 0.2) is 45.6 Å². The molecule has 38 heavy (non-hydrogen) atoms. The summed E-state index contributed by atoms with van der Waals surface area (Å²) in [7, 11) is 0. The highest BCUT2D eigenvalue weighted by Gasteiger charge is 2.41. The average molecular weight is 583 g/mol. The first-order valence-corrected chi connectivity index (χ1v) is 13.5. The number of piperidine rings is 1. The molecule has 4 heterocycles. The van der Waals surface area contributed by atoms with Crippen molar-refractivity contribution in [2.75, 3.05) is 31.1 Å². The van der Waals surface area contributed by atoms with Gasteiger partial charge in [-0.25, -0.2) is 14.3 Å². The van der Waals surface area contributed by atoms with Gasteiger partial charge in [-0.1, -0.05) is 41.9 Å². The van der Waals surface area contributed by atoms with Crippen molar-refractivity contribution in [2.24, 2.45) is 4.99 Å². The van der Waals surface area contributed by atoms with Crippen LogP contribution >= 0.6 is 34.9 Å². The topological polar surface area (TPSA) is 135 Å². The first-order chi connectivity index (χ1) is 18.0. The van der Waals surface area contributed by atoms with E-state index in [9.17, 15) is 18.0 Å². The van der Waals surface area contributed by atoms with Crippen LogP contribution in [0.4, 0.5) is 24.8 Å². The lowest BCUT2D eigenvalue weighted by Crippen LogP contribution is -2.51. The van der Waals surface area contributed by atoms with Crippen LogP contribution < -0.4 is 22.1 Å². The normalized spacial score (nSPS) is 18.5. The highest BCUT2D eigenvalue weighted by Crippen LogP contribution is 2.47. The van der Waals surface area contributed by atoms with Crippen LogP contribution in [-0.4, -0.2) is 51.3 Å². The van der Waals surface area contributed by atoms with Crippen LogP contribution in [0, 0.1) is 0 Å². The minimum atomic E-state index is -4.43. The molecule has 0 atom stereocenters. The van der Waals surface area contributed by atoms with Crippen LogP contribution in [0.25, 0.3) is 11.1 Å². The van der Waals surface area contributed by atoms with E-state index in [1.165, 1.54) is 11.9 Å². The Hall–Kier alpha value is -3.07. The number of halogens is 4. The number of hydrogen-bond acceptors (Lipinski definition) is 8. The SMILES string of the molecule is Nc1nc(N)c(C(=O)/N=C2\NCC3(CCN(Sc4csc(C(F)(F)F)c4-c4ccccc4)CC3)N2)nc1Cl. The third-order valence-electron chi connectivity index (χ3n) is 6.28. The molecule has 5 rings (SSSR count). The maximum Gasteiger partial charge on any atom is 0.426 e. The number of alkyl halides is 3. The number of carbonyl (C=O) groups is 1. The van der Waals surface area contributed by atoms with Crippen molar-refractivity contribution in [3.8, 4) is 11.1 Å². The zero-order valence-corrected chi connectivity index (χ0v) is 22.1. The van der Waals surface area contributed by atoms with Gasteiger partial charge in [0.25, 0.3) is 0 Å². The first kappa shape index (κ1) is 26.5. The Labute approximate surface area is 229 Å². The Balaban J connectivity index is 1.26. The third kappa shape index (κ3) is 5.39. The number of hydrogen-bond donors (Lipinski definition) is 4. The highest BCUT2D eigenvalue weighted by molar-refractivity contribution is 7.97. The molecule has 1 aromatic carbocycles. The number of carbonyl (C=O) groups excluding carboxylic acids is 1. The quantitative estimate of drug-likeness (QED) is 0.333. The van der Waals surface area contributed by atoms with E-state index in [2.05, 4.69) is 29.9 Å². The molecule has 2 saturated heterocycles. The summed E-state index contributed by atoms with van der Waals surface area (Å²) in [5, 5.41) is 7.82. The van der Waals surface area contributed by atoms with E-state index >= 15 is 0 Å². The number of aliphatic imine (C=N–C) groups is 1. The third-order valence-corrected chi connectivity index (χ3v) is 8.88. The Morgan fingerprint density at radius 2 is 1.87 bits per heavy atom. The summed E-state index contributed by atoms with van der Waals surface area (Å²) in [6.07, 6.45) is -3.05. The second-order valence-corrected chi connectivity index (χ2v) is 11.2. The number of aromatic nitrogens is 2. The van der Waals surface area contributed by atoms with E-state index in [4.69, 9.17) is 23.1 Å². The first-order valence-electron chi connectivity index (χ1n) is 11.5. The number of nitrogens with two attached hydrogens (primary N) is 2. The second-order valence-electron chi connectivity index (χ2n) is 8.85. The van der Waals surface area contributed by atoms with E-state index in [-0.39, 0.29) is 39.5 Å². The average Bonchev–Trinajstić information content (AvgIpc) is 3.48. The molecular weight excluding hydrogens is 561 g/mol. The van der Waals surface area contributed by atoms with Gasteiger partial charge in [-0.3, -0.25) is 4.79 Å². The molecule has 200 valence electrons. The van der Waals surface area contributed by atoms with E-state index in [0.717, 1.165) is 0 Å². The van der Waals surface area contributed by atoms with Gasteiger partial charge < -0.3 is 22.1 Å². The van der Waals surface area contributed by atoms with Gasteiger partial charge in [0.1, 0.15) is 4.88 Å². The minimum absolute atomic E-state index is 0.0814. The molecule has 9 nitrogen and oxygen atoms in total. The summed E-state index contributed by atoms with van der Waals surface area (Å²) in [6, 6.07) is 8.64. The number of anilines is 2. The maximum atomic E-state index is 13.7. The van der Waals surface area contributed by atoms with Crippen molar-refractivity contribution in [3.05, 3.63) is 51.4 Å². The Morgan fingerprint density at radius 1 is 1.16 bits per heavy atom. The zero-order chi connectivity index (χ0) is 27.1. The molecule has 1 spiro atoms. The van der Waals surface area contributed by atoms with Crippen molar-refractivity contribution < 1.29 is 18.0 Å². The fourth-order valence-electron chi connectivity index (χ4n) is 4.36. The molecule has 0 aliphatic carbocycles. The van der Waals surface area contributed by atoms with E-state index < -0.39 is 17.0 Å².